The van der Waals surface area contributed by atoms with Gasteiger partial charge in [0.2, 0.25) is 18.1 Å². The minimum Gasteiger partial charge on any atom is -0.454 e. The molecule has 1 aromatic carbocycles. The van der Waals surface area contributed by atoms with Gasteiger partial charge in [0.25, 0.3) is 5.91 Å². The molecule has 0 spiro atoms. The van der Waals surface area contributed by atoms with E-state index in [1.54, 1.807) is 35.5 Å². The fourth-order valence-electron chi connectivity index (χ4n) is 3.46. The standard InChI is InChI=1S/C21H27N3O6S/c1-4-24-11-14(19(26)13-9-17-18(10-16(13)24)30-12-29-17)20(27)22-15(5-8-31-3)21(28)23(2)6-7-25/h9-11,15,25H,4-8,12H2,1-3H3,(H,22,27)/t15-/m0/s1. The van der Waals surface area contributed by atoms with Crippen LogP contribution < -0.4 is 20.2 Å². The van der Waals surface area contributed by atoms with Crippen molar-refractivity contribution in [1.29, 1.82) is 0 Å². The second kappa shape index (κ2) is 10.1. The Bertz CT molecular complexity index is 1040. The van der Waals surface area contributed by atoms with Gasteiger partial charge in [-0.15, -0.1) is 0 Å². The van der Waals surface area contributed by atoms with E-state index >= 15 is 0 Å². The third-order valence-corrected chi connectivity index (χ3v) is 5.83. The molecule has 0 unspecified atom stereocenters. The average Bonchev–Trinajstić information content (AvgIpc) is 3.23. The van der Waals surface area contributed by atoms with E-state index in [0.29, 0.717) is 41.1 Å². The van der Waals surface area contributed by atoms with Crippen LogP contribution in [0.2, 0.25) is 0 Å². The van der Waals surface area contributed by atoms with Gasteiger partial charge >= 0.3 is 0 Å². The van der Waals surface area contributed by atoms with Crippen molar-refractivity contribution >= 4 is 34.5 Å². The summed E-state index contributed by atoms with van der Waals surface area (Å²) in [5.41, 5.74) is 0.168. The largest absolute Gasteiger partial charge is 0.454 e. The van der Waals surface area contributed by atoms with Crippen LogP contribution in [0.3, 0.4) is 0 Å². The zero-order valence-electron chi connectivity index (χ0n) is 17.8. The summed E-state index contributed by atoms with van der Waals surface area (Å²) >= 11 is 1.55. The number of pyridine rings is 1. The number of amides is 2. The molecule has 2 aromatic rings. The van der Waals surface area contributed by atoms with E-state index in [4.69, 9.17) is 14.6 Å². The Labute approximate surface area is 184 Å². The molecule has 0 saturated heterocycles. The molecule has 1 atom stereocenters. The highest BCUT2D eigenvalue weighted by Crippen LogP contribution is 2.35. The molecule has 0 saturated carbocycles. The maximum atomic E-state index is 13.1. The van der Waals surface area contributed by atoms with Gasteiger partial charge in [-0.25, -0.2) is 0 Å². The van der Waals surface area contributed by atoms with Crippen LogP contribution in [0.4, 0.5) is 0 Å². The van der Waals surface area contributed by atoms with Crippen LogP contribution in [0.5, 0.6) is 11.5 Å². The number of aromatic nitrogens is 1. The Morgan fingerprint density at radius 2 is 2.03 bits per heavy atom. The number of thioether (sulfide) groups is 1. The number of nitrogens with one attached hydrogen (secondary N) is 1. The number of likely N-dealkylation sites (N-methyl/N-ethyl adjacent to an activating group) is 1. The Hall–Kier alpha value is -2.72. The molecule has 2 heterocycles. The lowest BCUT2D eigenvalue weighted by molar-refractivity contribution is -0.132. The molecule has 0 aliphatic carbocycles. The first-order valence-electron chi connectivity index (χ1n) is 10.0. The molecule has 2 N–H and O–H groups in total. The predicted molar refractivity (Wildman–Crippen MR) is 119 cm³/mol. The van der Waals surface area contributed by atoms with Gasteiger partial charge in [-0.05, 0) is 31.4 Å². The smallest absolute Gasteiger partial charge is 0.257 e. The fraction of sp³-hybridized carbons (Fsp3) is 0.476. The van der Waals surface area contributed by atoms with E-state index in [9.17, 15) is 14.4 Å². The molecule has 9 nitrogen and oxygen atoms in total. The molecule has 10 heteroatoms. The molecule has 2 amide bonds. The number of ether oxygens (including phenoxy) is 2. The number of carbonyl (C=O) groups excluding carboxylic acids is 2. The van der Waals surface area contributed by atoms with Crippen molar-refractivity contribution in [3.63, 3.8) is 0 Å². The minimum absolute atomic E-state index is 0.0417. The Balaban J connectivity index is 1.96. The summed E-state index contributed by atoms with van der Waals surface area (Å²) in [7, 11) is 1.57. The summed E-state index contributed by atoms with van der Waals surface area (Å²) < 4.78 is 12.6. The Morgan fingerprint density at radius 3 is 2.68 bits per heavy atom. The third kappa shape index (κ3) is 4.80. The molecular weight excluding hydrogens is 422 g/mol. The van der Waals surface area contributed by atoms with Crippen molar-refractivity contribution in [2.45, 2.75) is 25.9 Å². The molecule has 1 aromatic heterocycles. The van der Waals surface area contributed by atoms with E-state index in [0.717, 1.165) is 0 Å². The van der Waals surface area contributed by atoms with Gasteiger partial charge in [-0.3, -0.25) is 14.4 Å². The van der Waals surface area contributed by atoms with Crippen molar-refractivity contribution in [3.8, 4) is 11.5 Å². The van der Waals surface area contributed by atoms with Gasteiger partial charge < -0.3 is 29.4 Å². The van der Waals surface area contributed by atoms with Crippen LogP contribution in [0.15, 0.2) is 23.1 Å². The fourth-order valence-corrected chi connectivity index (χ4v) is 3.93. The third-order valence-electron chi connectivity index (χ3n) is 5.19. The van der Waals surface area contributed by atoms with Crippen molar-refractivity contribution in [1.82, 2.24) is 14.8 Å². The Kier molecular flexibility index (Phi) is 7.45. The van der Waals surface area contributed by atoms with Crippen molar-refractivity contribution in [3.05, 3.63) is 34.1 Å². The molecule has 0 bridgehead atoms. The topological polar surface area (TPSA) is 110 Å². The van der Waals surface area contributed by atoms with Crippen LogP contribution in [-0.2, 0) is 11.3 Å². The molecule has 1 aliphatic rings. The molecule has 31 heavy (non-hydrogen) atoms. The van der Waals surface area contributed by atoms with E-state index < -0.39 is 17.4 Å². The summed E-state index contributed by atoms with van der Waals surface area (Å²) in [6.07, 6.45) is 3.83. The second-order valence-corrected chi connectivity index (χ2v) is 8.16. The number of aliphatic hydroxyl groups excluding tert-OH is 1. The average molecular weight is 450 g/mol. The first-order chi connectivity index (χ1) is 14.9. The maximum absolute atomic E-state index is 13.1. The van der Waals surface area contributed by atoms with E-state index in [2.05, 4.69) is 5.32 Å². The van der Waals surface area contributed by atoms with Crippen LogP contribution in [0.25, 0.3) is 10.9 Å². The lowest BCUT2D eigenvalue weighted by Gasteiger charge is -2.24. The van der Waals surface area contributed by atoms with Crippen LogP contribution in [0, 0.1) is 0 Å². The van der Waals surface area contributed by atoms with Gasteiger partial charge in [0.15, 0.2) is 11.5 Å². The van der Waals surface area contributed by atoms with Crippen LogP contribution in [0.1, 0.15) is 23.7 Å². The van der Waals surface area contributed by atoms with E-state index in [1.165, 1.54) is 11.1 Å². The highest BCUT2D eigenvalue weighted by Gasteiger charge is 2.26. The van der Waals surface area contributed by atoms with E-state index in [-0.39, 0.29) is 31.4 Å². The van der Waals surface area contributed by atoms with Crippen LogP contribution >= 0.6 is 11.8 Å². The highest BCUT2D eigenvalue weighted by molar-refractivity contribution is 7.98. The number of aryl methyl sites for hydroxylation is 1. The number of hydrogen-bond donors (Lipinski definition) is 2. The van der Waals surface area contributed by atoms with Gasteiger partial charge in [-0.2, -0.15) is 11.8 Å². The van der Waals surface area contributed by atoms with Gasteiger partial charge in [0.1, 0.15) is 11.6 Å². The van der Waals surface area contributed by atoms with Crippen molar-refractivity contribution in [2.24, 2.45) is 0 Å². The van der Waals surface area contributed by atoms with E-state index in [1.807, 2.05) is 13.2 Å². The zero-order valence-corrected chi connectivity index (χ0v) is 18.7. The second-order valence-electron chi connectivity index (χ2n) is 7.17. The van der Waals surface area contributed by atoms with Crippen LogP contribution in [-0.4, -0.2) is 71.4 Å². The molecule has 1 aliphatic heterocycles. The first kappa shape index (κ1) is 23.0. The zero-order chi connectivity index (χ0) is 22.5. The first-order valence-corrected chi connectivity index (χ1v) is 11.4. The van der Waals surface area contributed by atoms with Crippen molar-refractivity contribution < 1.29 is 24.2 Å². The number of fused-ring (bicyclic) bond motifs is 2. The number of rotatable bonds is 9. The maximum Gasteiger partial charge on any atom is 0.257 e. The van der Waals surface area contributed by atoms with Gasteiger partial charge in [0.05, 0.1) is 17.5 Å². The summed E-state index contributed by atoms with van der Waals surface area (Å²) in [6, 6.07) is 2.53. The molecule has 168 valence electrons. The molecule has 3 rings (SSSR count). The normalized spacial score (nSPS) is 13.3. The number of hydrogen-bond acceptors (Lipinski definition) is 7. The number of benzene rings is 1. The molecular formula is C21H27N3O6S. The molecule has 0 radical (unpaired) electrons. The van der Waals surface area contributed by atoms with Crippen molar-refractivity contribution in [2.75, 3.05) is 39.0 Å². The molecule has 0 fully saturated rings. The number of nitrogens with zero attached hydrogens (tertiary/aromatic N) is 2. The summed E-state index contributed by atoms with van der Waals surface area (Å²) in [6.45, 7) is 2.51. The lowest BCUT2D eigenvalue weighted by atomic mass is 10.1. The minimum atomic E-state index is -0.793. The lowest BCUT2D eigenvalue weighted by Crippen LogP contribution is -2.49. The SMILES string of the molecule is CCn1cc(C(=O)N[C@@H](CCSC)C(=O)N(C)CCO)c(=O)c2cc3c(cc21)OCO3. The summed E-state index contributed by atoms with van der Waals surface area (Å²) in [4.78, 5) is 40.3. The van der Waals surface area contributed by atoms with Gasteiger partial charge in [0, 0.05) is 32.4 Å². The highest BCUT2D eigenvalue weighted by atomic mass is 32.2. The monoisotopic (exact) mass is 449 g/mol. The summed E-state index contributed by atoms with van der Waals surface area (Å²) in [5, 5.41) is 12.2. The number of aliphatic hydroxyl groups is 1. The van der Waals surface area contributed by atoms with Gasteiger partial charge in [-0.1, -0.05) is 0 Å². The summed E-state index contributed by atoms with van der Waals surface area (Å²) in [5.74, 6) is 0.758. The number of carbonyl (C=O) groups is 2. The predicted octanol–water partition coefficient (Wildman–Crippen LogP) is 1.05. The Morgan fingerprint density at radius 1 is 1.32 bits per heavy atom. The quantitative estimate of drug-likeness (QED) is 0.589.